The number of hydrogen-bond donors (Lipinski definition) is 1. The molecule has 2 aromatic carbocycles. The van der Waals surface area contributed by atoms with Crippen molar-refractivity contribution in [3.63, 3.8) is 0 Å². The Bertz CT molecular complexity index is 890. The van der Waals surface area contributed by atoms with E-state index in [-0.39, 0.29) is 12.0 Å². The van der Waals surface area contributed by atoms with E-state index in [1.807, 2.05) is 30.3 Å². The highest BCUT2D eigenvalue weighted by atomic mass is 16.5. The average molecular weight is 325 g/mol. The number of oxazole rings is 1. The maximum Gasteiger partial charge on any atom is 0.341 e. The van der Waals surface area contributed by atoms with Gasteiger partial charge in [0.25, 0.3) is 0 Å². The molecule has 24 heavy (non-hydrogen) atoms. The van der Waals surface area contributed by atoms with Gasteiger partial charge in [-0.25, -0.2) is 9.78 Å². The van der Waals surface area contributed by atoms with Crippen molar-refractivity contribution in [2.75, 3.05) is 6.61 Å². The minimum atomic E-state index is -0.996. The van der Waals surface area contributed by atoms with E-state index < -0.39 is 5.97 Å². The Morgan fingerprint density at radius 3 is 2.54 bits per heavy atom. The number of carboxylic acid groups (broad SMARTS) is 1. The maximum atomic E-state index is 10.6. The third-order valence-electron chi connectivity index (χ3n) is 3.69. The third kappa shape index (κ3) is 3.40. The number of fused-ring (bicyclic) bond motifs is 1. The molecule has 0 aliphatic heterocycles. The molecule has 5 nitrogen and oxygen atoms in total. The van der Waals surface area contributed by atoms with Crippen LogP contribution in [-0.2, 0) is 10.2 Å². The lowest BCUT2D eigenvalue weighted by atomic mass is 9.93. The summed E-state index contributed by atoms with van der Waals surface area (Å²) in [7, 11) is 0. The van der Waals surface area contributed by atoms with Crippen LogP contribution in [0.3, 0.4) is 0 Å². The molecule has 3 aromatic rings. The molecule has 124 valence electrons. The molecule has 0 unspecified atom stereocenters. The molecule has 1 N–H and O–H groups in total. The predicted molar refractivity (Wildman–Crippen MR) is 91.3 cm³/mol. The van der Waals surface area contributed by atoms with Crippen molar-refractivity contribution in [2.24, 2.45) is 0 Å². The maximum absolute atomic E-state index is 10.6. The summed E-state index contributed by atoms with van der Waals surface area (Å²) in [6, 6.07) is 11.3. The molecule has 3 rings (SSSR count). The van der Waals surface area contributed by atoms with Gasteiger partial charge < -0.3 is 14.3 Å². The molecule has 0 saturated carbocycles. The van der Waals surface area contributed by atoms with Crippen molar-refractivity contribution in [1.82, 2.24) is 4.98 Å². The van der Waals surface area contributed by atoms with Crippen LogP contribution in [0.15, 0.2) is 47.1 Å². The van der Waals surface area contributed by atoms with E-state index in [1.165, 1.54) is 0 Å². The summed E-state index contributed by atoms with van der Waals surface area (Å²) in [5, 5.41) is 10.6. The molecular weight excluding hydrogens is 306 g/mol. The van der Waals surface area contributed by atoms with Crippen molar-refractivity contribution in [1.29, 1.82) is 0 Å². The summed E-state index contributed by atoms with van der Waals surface area (Å²) in [5.74, 6) is 0.126. The number of carbonyl (C=O) groups is 1. The second kappa shape index (κ2) is 6.00. The van der Waals surface area contributed by atoms with Gasteiger partial charge in [0, 0.05) is 11.0 Å². The molecule has 5 heteroatoms. The molecule has 1 aromatic heterocycles. The summed E-state index contributed by atoms with van der Waals surface area (Å²) in [4.78, 5) is 15.1. The zero-order chi connectivity index (χ0) is 17.3. The van der Waals surface area contributed by atoms with Crippen LogP contribution < -0.4 is 4.74 Å². The van der Waals surface area contributed by atoms with Crippen LogP contribution in [0, 0.1) is 0 Å². The van der Waals surface area contributed by atoms with Crippen molar-refractivity contribution in [3.8, 4) is 17.2 Å². The first-order valence-corrected chi connectivity index (χ1v) is 7.68. The van der Waals surface area contributed by atoms with E-state index in [4.69, 9.17) is 14.3 Å². The topological polar surface area (TPSA) is 72.6 Å². The zero-order valence-corrected chi connectivity index (χ0v) is 13.9. The molecule has 0 atom stereocenters. The van der Waals surface area contributed by atoms with Crippen LogP contribution in [0.4, 0.5) is 0 Å². The number of rotatable bonds is 4. The van der Waals surface area contributed by atoms with Crippen LogP contribution in [0.25, 0.3) is 22.2 Å². The number of carboxylic acids is 1. The highest BCUT2D eigenvalue weighted by Crippen LogP contribution is 2.29. The molecule has 0 saturated heterocycles. The van der Waals surface area contributed by atoms with Crippen LogP contribution in [-0.4, -0.2) is 22.7 Å². The van der Waals surface area contributed by atoms with Crippen molar-refractivity contribution >= 4 is 16.7 Å². The van der Waals surface area contributed by atoms with Gasteiger partial charge in [-0.1, -0.05) is 32.9 Å². The van der Waals surface area contributed by atoms with E-state index in [2.05, 4.69) is 25.8 Å². The highest BCUT2D eigenvalue weighted by Gasteiger charge is 2.19. The predicted octanol–water partition coefficient (Wildman–Crippen LogP) is 4.26. The normalized spacial score (nSPS) is 11.6. The van der Waals surface area contributed by atoms with Gasteiger partial charge in [-0.3, -0.25) is 0 Å². The minimum Gasteiger partial charge on any atom is -0.482 e. The number of ether oxygens (including phenoxy) is 1. The van der Waals surface area contributed by atoms with Gasteiger partial charge in [-0.05, 0) is 35.0 Å². The Hall–Kier alpha value is -2.82. The van der Waals surface area contributed by atoms with Crippen LogP contribution in [0.1, 0.15) is 26.5 Å². The van der Waals surface area contributed by atoms with Gasteiger partial charge >= 0.3 is 5.97 Å². The van der Waals surface area contributed by atoms with E-state index in [0.29, 0.717) is 11.6 Å². The largest absolute Gasteiger partial charge is 0.482 e. The van der Waals surface area contributed by atoms with Gasteiger partial charge in [0.05, 0.1) is 5.69 Å². The SMILES string of the molecule is CC(C)(C)c1coc(-c2ccc3cc(OCC(=O)O)ccc3c2)n1. The average Bonchev–Trinajstić information content (AvgIpc) is 3.02. The molecule has 0 fully saturated rings. The lowest BCUT2D eigenvalue weighted by Crippen LogP contribution is -2.11. The second-order valence-corrected chi connectivity index (χ2v) is 6.69. The van der Waals surface area contributed by atoms with Gasteiger partial charge in [-0.15, -0.1) is 0 Å². The van der Waals surface area contributed by atoms with Crippen molar-refractivity contribution in [3.05, 3.63) is 48.4 Å². The quantitative estimate of drug-likeness (QED) is 0.776. The number of aliphatic carboxylic acids is 1. The van der Waals surface area contributed by atoms with Crippen LogP contribution >= 0.6 is 0 Å². The fraction of sp³-hybridized carbons (Fsp3) is 0.263. The van der Waals surface area contributed by atoms with Crippen molar-refractivity contribution in [2.45, 2.75) is 26.2 Å². The van der Waals surface area contributed by atoms with Gasteiger partial charge in [0.15, 0.2) is 6.61 Å². The summed E-state index contributed by atoms with van der Waals surface area (Å²) < 4.78 is 10.8. The first-order valence-electron chi connectivity index (χ1n) is 7.68. The summed E-state index contributed by atoms with van der Waals surface area (Å²) in [6.07, 6.45) is 1.70. The van der Waals surface area contributed by atoms with E-state index in [9.17, 15) is 4.79 Å². The third-order valence-corrected chi connectivity index (χ3v) is 3.69. The van der Waals surface area contributed by atoms with Crippen LogP contribution in [0.2, 0.25) is 0 Å². The van der Waals surface area contributed by atoms with Gasteiger partial charge in [0.2, 0.25) is 5.89 Å². The Balaban J connectivity index is 1.90. The zero-order valence-electron chi connectivity index (χ0n) is 13.9. The standard InChI is InChI=1S/C19H19NO4/c1-19(2,3)16-10-24-18(20-16)14-5-4-13-9-15(23-11-17(21)22)7-6-12(13)8-14/h4-10H,11H2,1-3H3,(H,21,22). The smallest absolute Gasteiger partial charge is 0.341 e. The first kappa shape index (κ1) is 16.1. The Morgan fingerprint density at radius 1 is 1.17 bits per heavy atom. The Morgan fingerprint density at radius 2 is 1.88 bits per heavy atom. The fourth-order valence-electron chi connectivity index (χ4n) is 2.34. The van der Waals surface area contributed by atoms with Crippen LogP contribution in [0.5, 0.6) is 5.75 Å². The second-order valence-electron chi connectivity index (χ2n) is 6.69. The highest BCUT2D eigenvalue weighted by molar-refractivity contribution is 5.87. The molecule has 0 amide bonds. The fourth-order valence-corrected chi connectivity index (χ4v) is 2.34. The lowest BCUT2D eigenvalue weighted by Gasteiger charge is -2.13. The molecule has 0 aliphatic rings. The summed E-state index contributed by atoms with van der Waals surface area (Å²) >= 11 is 0. The molecule has 0 aliphatic carbocycles. The number of benzene rings is 2. The van der Waals surface area contributed by atoms with Gasteiger partial charge in [0.1, 0.15) is 12.0 Å². The van der Waals surface area contributed by atoms with E-state index in [0.717, 1.165) is 22.0 Å². The first-order chi connectivity index (χ1) is 11.3. The van der Waals surface area contributed by atoms with E-state index >= 15 is 0 Å². The Kier molecular flexibility index (Phi) is 4.01. The minimum absolute atomic E-state index is 0.0605. The molecule has 1 heterocycles. The van der Waals surface area contributed by atoms with E-state index in [1.54, 1.807) is 12.3 Å². The van der Waals surface area contributed by atoms with Gasteiger partial charge in [-0.2, -0.15) is 0 Å². The molecule has 0 spiro atoms. The monoisotopic (exact) mass is 325 g/mol. The molecular formula is C19H19NO4. The molecule has 0 radical (unpaired) electrons. The van der Waals surface area contributed by atoms with Crippen molar-refractivity contribution < 1.29 is 19.1 Å². The summed E-state index contributed by atoms with van der Waals surface area (Å²) in [6.45, 7) is 5.92. The number of hydrogen-bond acceptors (Lipinski definition) is 4. The number of nitrogens with zero attached hydrogens (tertiary/aromatic N) is 1. The number of aromatic nitrogens is 1. The lowest BCUT2D eigenvalue weighted by molar-refractivity contribution is -0.139. The molecule has 0 bridgehead atoms. The Labute approximate surface area is 139 Å². The summed E-state index contributed by atoms with van der Waals surface area (Å²) in [5.41, 5.74) is 1.75.